The molecule has 43 heavy (non-hydrogen) atoms. The number of rotatable bonds is 9. The van der Waals surface area contributed by atoms with Crippen molar-refractivity contribution in [1.29, 1.82) is 0 Å². The fourth-order valence-corrected chi connectivity index (χ4v) is 6.68. The Labute approximate surface area is 265 Å². The number of nitro groups is 1. The highest BCUT2D eigenvalue weighted by Crippen LogP contribution is 2.50. The minimum absolute atomic E-state index is 0.0536. The smallest absolute Gasteiger partial charge is 0.269 e. The van der Waals surface area contributed by atoms with Crippen molar-refractivity contribution < 1.29 is 14.4 Å². The summed E-state index contributed by atoms with van der Waals surface area (Å²) in [6.45, 7) is 4.85. The number of anilines is 1. The maximum absolute atomic E-state index is 10.9. The van der Waals surface area contributed by atoms with Crippen molar-refractivity contribution in [3.8, 4) is 11.5 Å². The van der Waals surface area contributed by atoms with E-state index in [1.807, 2.05) is 25.3 Å². The van der Waals surface area contributed by atoms with Crippen molar-refractivity contribution in [1.82, 2.24) is 0 Å². The first-order valence-corrected chi connectivity index (χ1v) is 15.5. The Morgan fingerprint density at radius 2 is 1.84 bits per heavy atom. The van der Waals surface area contributed by atoms with Gasteiger partial charge in [0.2, 0.25) is 0 Å². The zero-order valence-electron chi connectivity index (χ0n) is 24.0. The molecule has 0 amide bonds. The summed E-state index contributed by atoms with van der Waals surface area (Å²) in [5.74, 6) is 2.22. The van der Waals surface area contributed by atoms with Crippen LogP contribution in [-0.2, 0) is 6.61 Å². The van der Waals surface area contributed by atoms with E-state index in [1.54, 1.807) is 12.1 Å². The van der Waals surface area contributed by atoms with E-state index in [4.69, 9.17) is 14.5 Å². The van der Waals surface area contributed by atoms with Crippen LogP contribution in [0.2, 0.25) is 0 Å². The number of non-ortho nitro benzene ring substituents is 1. The lowest BCUT2D eigenvalue weighted by atomic mass is 9.76. The predicted octanol–water partition coefficient (Wildman–Crippen LogP) is 9.06. The highest BCUT2D eigenvalue weighted by atomic mass is 127. The molecule has 0 bridgehead atoms. The average molecular weight is 686 g/mol. The molecule has 2 aliphatic rings. The lowest BCUT2D eigenvalue weighted by Gasteiger charge is -2.37. The van der Waals surface area contributed by atoms with Crippen LogP contribution in [0.5, 0.6) is 11.5 Å². The Bertz CT molecular complexity index is 1700. The first kappa shape index (κ1) is 28.9. The van der Waals surface area contributed by atoms with Gasteiger partial charge in [0.15, 0.2) is 11.5 Å². The van der Waals surface area contributed by atoms with Crippen LogP contribution in [0.4, 0.5) is 17.1 Å². The van der Waals surface area contributed by atoms with E-state index in [2.05, 4.69) is 89.4 Å². The number of nitrogens with one attached hydrogen (secondary N) is 1. The van der Waals surface area contributed by atoms with Gasteiger partial charge in [-0.25, -0.2) is 0 Å². The zero-order chi connectivity index (χ0) is 29.9. The van der Waals surface area contributed by atoms with Crippen LogP contribution in [0.3, 0.4) is 0 Å². The number of aliphatic imine (C=N–C) groups is 1. The summed E-state index contributed by atoms with van der Waals surface area (Å²) in [6, 6.07) is 25.8. The molecule has 4 aromatic rings. The third kappa shape index (κ3) is 6.29. The van der Waals surface area contributed by atoms with Gasteiger partial charge in [-0.1, -0.05) is 42.0 Å². The zero-order valence-corrected chi connectivity index (χ0v) is 26.2. The lowest BCUT2D eigenvalue weighted by Crippen LogP contribution is -2.29. The molecule has 0 radical (unpaired) electrons. The van der Waals surface area contributed by atoms with E-state index in [1.165, 1.54) is 34.5 Å². The van der Waals surface area contributed by atoms with Gasteiger partial charge in [0.1, 0.15) is 6.61 Å². The number of aryl methyl sites for hydroxylation is 1. The summed E-state index contributed by atoms with van der Waals surface area (Å²) in [7, 11) is 0. The van der Waals surface area contributed by atoms with Crippen LogP contribution < -0.4 is 14.8 Å². The van der Waals surface area contributed by atoms with Crippen LogP contribution in [0.15, 0.2) is 96.0 Å². The summed E-state index contributed by atoms with van der Waals surface area (Å²) in [4.78, 5) is 15.3. The van der Waals surface area contributed by atoms with Crippen LogP contribution in [0.25, 0.3) is 0 Å². The second-order valence-electron chi connectivity index (χ2n) is 10.9. The first-order chi connectivity index (χ1) is 20.9. The van der Waals surface area contributed by atoms with Crippen molar-refractivity contribution in [2.75, 3.05) is 11.9 Å². The molecule has 1 aliphatic heterocycles. The number of hydrogen-bond donors (Lipinski definition) is 1. The van der Waals surface area contributed by atoms with Gasteiger partial charge in [0, 0.05) is 30.0 Å². The Morgan fingerprint density at radius 3 is 2.58 bits per heavy atom. The van der Waals surface area contributed by atoms with Crippen molar-refractivity contribution >= 4 is 45.9 Å². The average Bonchev–Trinajstić information content (AvgIpc) is 3.51. The van der Waals surface area contributed by atoms with Crippen LogP contribution in [0, 0.1) is 26.5 Å². The molecular formula is C35H32IN3O4. The molecule has 0 saturated carbocycles. The Balaban J connectivity index is 1.16. The summed E-state index contributed by atoms with van der Waals surface area (Å²) in [5.41, 5.74) is 7.87. The number of nitrogens with zero attached hydrogens (tertiary/aromatic N) is 2. The SMILES string of the molecule is CCOc1cc(C=Nc2ccc([C@@H]3Nc4ccc(C)cc4[C@@H]4C=CC[C@@H]43)cc2)cc(I)c1OCc1ccc([N+](=O)[O-])cc1. The van der Waals surface area contributed by atoms with Crippen molar-refractivity contribution in [3.05, 3.63) is 133 Å². The van der Waals surface area contributed by atoms with E-state index in [0.717, 1.165) is 26.8 Å². The predicted molar refractivity (Wildman–Crippen MR) is 179 cm³/mol. The summed E-state index contributed by atoms with van der Waals surface area (Å²) in [5, 5.41) is 14.7. The number of benzene rings is 4. The molecule has 6 rings (SSSR count). The fourth-order valence-electron chi connectivity index (χ4n) is 5.90. The third-order valence-corrected chi connectivity index (χ3v) is 8.80. The quantitative estimate of drug-likeness (QED) is 0.0625. The number of allylic oxidation sites excluding steroid dienone is 2. The summed E-state index contributed by atoms with van der Waals surface area (Å²) >= 11 is 2.24. The largest absolute Gasteiger partial charge is 0.490 e. The molecule has 0 fully saturated rings. The van der Waals surface area contributed by atoms with Gasteiger partial charge in [-0.3, -0.25) is 15.1 Å². The maximum Gasteiger partial charge on any atom is 0.269 e. The van der Waals surface area contributed by atoms with Crippen LogP contribution in [0.1, 0.15) is 53.1 Å². The van der Waals surface area contributed by atoms with Gasteiger partial charge < -0.3 is 14.8 Å². The topological polar surface area (TPSA) is 86.0 Å². The van der Waals surface area contributed by atoms with E-state index < -0.39 is 4.92 Å². The number of nitro benzene ring substituents is 1. The second kappa shape index (κ2) is 12.6. The lowest BCUT2D eigenvalue weighted by molar-refractivity contribution is -0.384. The second-order valence-corrected chi connectivity index (χ2v) is 12.1. The minimum atomic E-state index is -0.411. The number of ether oxygens (including phenoxy) is 2. The Hall–Kier alpha value is -4.18. The van der Waals surface area contributed by atoms with Crippen molar-refractivity contribution in [3.63, 3.8) is 0 Å². The number of fused-ring (bicyclic) bond motifs is 3. The molecule has 218 valence electrons. The van der Waals surface area contributed by atoms with Crippen molar-refractivity contribution in [2.24, 2.45) is 10.9 Å². The van der Waals surface area contributed by atoms with Gasteiger partial charge in [-0.15, -0.1) is 0 Å². The molecule has 0 aromatic heterocycles. The number of hydrogen-bond acceptors (Lipinski definition) is 6. The molecule has 1 aliphatic carbocycles. The molecule has 8 heteroatoms. The molecule has 0 spiro atoms. The summed E-state index contributed by atoms with van der Waals surface area (Å²) < 4.78 is 12.9. The van der Waals surface area contributed by atoms with Gasteiger partial charge in [-0.05, 0) is 113 Å². The monoisotopic (exact) mass is 685 g/mol. The molecule has 1 heterocycles. The Kier molecular flexibility index (Phi) is 8.47. The number of halogens is 1. The maximum atomic E-state index is 10.9. The molecule has 1 N–H and O–H groups in total. The summed E-state index contributed by atoms with van der Waals surface area (Å²) in [6.07, 6.45) is 7.61. The van der Waals surface area contributed by atoms with E-state index in [-0.39, 0.29) is 18.3 Å². The van der Waals surface area contributed by atoms with Gasteiger partial charge in [0.25, 0.3) is 5.69 Å². The van der Waals surface area contributed by atoms with E-state index in [0.29, 0.717) is 29.9 Å². The molecule has 4 aromatic carbocycles. The van der Waals surface area contributed by atoms with Gasteiger partial charge >= 0.3 is 0 Å². The molecule has 0 unspecified atom stereocenters. The van der Waals surface area contributed by atoms with Gasteiger partial charge in [-0.2, -0.15) is 0 Å². The normalized spacial score (nSPS) is 18.6. The highest BCUT2D eigenvalue weighted by molar-refractivity contribution is 14.1. The molecule has 0 saturated heterocycles. The third-order valence-electron chi connectivity index (χ3n) is 8.00. The first-order valence-electron chi connectivity index (χ1n) is 14.4. The minimum Gasteiger partial charge on any atom is -0.490 e. The van der Waals surface area contributed by atoms with Crippen LogP contribution >= 0.6 is 22.6 Å². The molecular weight excluding hydrogens is 653 g/mol. The van der Waals surface area contributed by atoms with Gasteiger partial charge in [0.05, 0.1) is 26.8 Å². The highest BCUT2D eigenvalue weighted by Gasteiger charge is 2.37. The van der Waals surface area contributed by atoms with E-state index in [9.17, 15) is 10.1 Å². The molecule has 3 atom stereocenters. The molecule has 7 nitrogen and oxygen atoms in total. The van der Waals surface area contributed by atoms with Crippen molar-refractivity contribution in [2.45, 2.75) is 38.8 Å². The standard InChI is InChI=1S/C35H32IN3O4/c1-3-42-33-19-24(18-31(36)35(33)43-21-23-8-14-27(15-9-23)39(40)41)20-37-26-12-10-25(11-13-26)34-29-6-4-5-28(29)30-17-22(2)7-16-32(30)38-34/h4-5,7-20,28-29,34,38H,3,6,21H2,1-2H3/t28-,29+,34+/m1/s1. The van der Waals surface area contributed by atoms with Crippen LogP contribution in [-0.4, -0.2) is 17.7 Å². The fraction of sp³-hybridized carbons (Fsp3) is 0.229. The van der Waals surface area contributed by atoms with E-state index >= 15 is 0 Å². The Morgan fingerprint density at radius 1 is 1.05 bits per heavy atom.